The van der Waals surface area contributed by atoms with Gasteiger partial charge in [0.25, 0.3) is 0 Å². The lowest BCUT2D eigenvalue weighted by atomic mass is 9.98. The van der Waals surface area contributed by atoms with Crippen LogP contribution in [0.2, 0.25) is 0 Å². The average molecular weight is 613 g/mol. The number of primary amides is 1. The fourth-order valence-electron chi connectivity index (χ4n) is 4.19. The van der Waals surface area contributed by atoms with Crippen LogP contribution in [0.25, 0.3) is 11.1 Å². The Kier molecular flexibility index (Phi) is 14.2. The molecule has 43 heavy (non-hydrogen) atoms. The van der Waals surface area contributed by atoms with Crippen molar-refractivity contribution in [1.29, 1.82) is 0 Å². The molecule has 5 N–H and O–H groups in total. The van der Waals surface area contributed by atoms with E-state index in [2.05, 4.69) is 39.6 Å². The zero-order valence-corrected chi connectivity index (χ0v) is 25.7. The van der Waals surface area contributed by atoms with Gasteiger partial charge in [0.1, 0.15) is 12.4 Å². The van der Waals surface area contributed by atoms with Crippen LogP contribution >= 0.6 is 0 Å². The monoisotopic (exact) mass is 612 g/mol. The van der Waals surface area contributed by atoms with Gasteiger partial charge < -0.3 is 25.8 Å². The molecule has 3 aromatic carbocycles. The second kappa shape index (κ2) is 17.5. The molecule has 0 atom stereocenters. The maximum absolute atomic E-state index is 11.5. The summed E-state index contributed by atoms with van der Waals surface area (Å²) in [5.74, 6) is 0.201. The Balaban J connectivity index is 0.000000244. The van der Waals surface area contributed by atoms with E-state index in [1.165, 1.54) is 48.5 Å². The number of amides is 3. The zero-order chi connectivity index (χ0) is 31.8. The van der Waals surface area contributed by atoms with Gasteiger partial charge in [0.15, 0.2) is 0 Å². The molecule has 0 spiro atoms. The molecule has 0 fully saturated rings. The molecular formula is C31H40N4O7S. The lowest BCUT2D eigenvalue weighted by molar-refractivity contribution is -0.124. The standard InChI is InChI=1S/C17H17NO2.C8H11NO3S.C6H12N2O2/c1-2-18-17(19)20-11-16-14-9-5-3-7-12(14)13-8-4-6-10-15(13)16;1-9-13(10,11)8-5-3-7(12-2)4-6-8;1-2-8-6(10)4-3-5(7)9/h3-10,16H,2,11H2,1H3,(H,18,19);3-6,9H,1-2H3;2-4H2,1H3,(H2,7,9)(H,8,10). The smallest absolute Gasteiger partial charge is 0.407 e. The van der Waals surface area contributed by atoms with Crippen LogP contribution in [0.1, 0.15) is 43.7 Å². The number of fused-ring (bicyclic) bond motifs is 3. The molecular weight excluding hydrogens is 572 g/mol. The van der Waals surface area contributed by atoms with Gasteiger partial charge in [-0.2, -0.15) is 0 Å². The second-order valence-corrected chi connectivity index (χ2v) is 11.0. The summed E-state index contributed by atoms with van der Waals surface area (Å²) in [6.45, 7) is 5.25. The van der Waals surface area contributed by atoms with Crippen molar-refractivity contribution in [2.45, 2.75) is 37.5 Å². The Morgan fingerprint density at radius 1 is 0.814 bits per heavy atom. The average Bonchev–Trinajstić information content (AvgIpc) is 3.33. The number of carbonyl (C=O) groups excluding carboxylic acids is 3. The first kappa shape index (κ1) is 34.8. The van der Waals surface area contributed by atoms with Gasteiger partial charge in [0, 0.05) is 31.8 Å². The number of rotatable bonds is 10. The lowest BCUT2D eigenvalue weighted by Crippen LogP contribution is -2.25. The Labute approximate surface area is 253 Å². The molecule has 3 amide bonds. The van der Waals surface area contributed by atoms with Crippen LogP contribution in [0, 0.1) is 0 Å². The maximum Gasteiger partial charge on any atom is 0.407 e. The van der Waals surface area contributed by atoms with Crippen molar-refractivity contribution in [3.05, 3.63) is 83.9 Å². The van der Waals surface area contributed by atoms with Crippen molar-refractivity contribution < 1.29 is 32.3 Å². The number of alkyl carbamates (subject to hydrolysis) is 1. The van der Waals surface area contributed by atoms with Crippen LogP contribution in [-0.2, 0) is 24.3 Å². The SMILES string of the molecule is CCNC(=O)CCC(N)=O.CCNC(=O)OCC1c2ccccc2-c2ccccc21.CNS(=O)(=O)c1ccc(OC)cc1. The lowest BCUT2D eigenvalue weighted by Gasteiger charge is -2.14. The van der Waals surface area contributed by atoms with E-state index in [1.807, 2.05) is 38.1 Å². The van der Waals surface area contributed by atoms with Gasteiger partial charge in [-0.15, -0.1) is 0 Å². The molecule has 0 saturated heterocycles. The third-order valence-electron chi connectivity index (χ3n) is 6.28. The number of benzene rings is 3. The number of nitrogens with two attached hydrogens (primary N) is 1. The summed E-state index contributed by atoms with van der Waals surface area (Å²) in [5.41, 5.74) is 9.77. The largest absolute Gasteiger partial charge is 0.497 e. The van der Waals surface area contributed by atoms with Crippen molar-refractivity contribution in [1.82, 2.24) is 15.4 Å². The summed E-state index contributed by atoms with van der Waals surface area (Å²) in [7, 11) is -0.425. The topological polar surface area (TPSA) is 166 Å². The number of carbonyl (C=O) groups is 3. The first-order valence-corrected chi connectivity index (χ1v) is 15.3. The van der Waals surface area contributed by atoms with Crippen LogP contribution in [0.4, 0.5) is 4.79 Å². The number of nitrogens with one attached hydrogen (secondary N) is 3. The maximum atomic E-state index is 11.5. The summed E-state index contributed by atoms with van der Waals surface area (Å²) in [6.07, 6.45) is -0.0241. The van der Waals surface area contributed by atoms with Crippen LogP contribution in [0.15, 0.2) is 77.7 Å². The van der Waals surface area contributed by atoms with E-state index in [9.17, 15) is 22.8 Å². The van der Waals surface area contributed by atoms with Crippen molar-refractivity contribution in [3.63, 3.8) is 0 Å². The van der Waals surface area contributed by atoms with E-state index in [4.69, 9.17) is 15.2 Å². The number of sulfonamides is 1. The minimum Gasteiger partial charge on any atom is -0.497 e. The predicted octanol–water partition coefficient (Wildman–Crippen LogP) is 3.54. The predicted molar refractivity (Wildman–Crippen MR) is 165 cm³/mol. The molecule has 0 aromatic heterocycles. The highest BCUT2D eigenvalue weighted by molar-refractivity contribution is 7.89. The summed E-state index contributed by atoms with van der Waals surface area (Å²) in [5, 5.41) is 5.21. The van der Waals surface area contributed by atoms with Gasteiger partial charge in [0.05, 0.1) is 12.0 Å². The molecule has 232 valence electrons. The molecule has 0 radical (unpaired) electrons. The van der Waals surface area contributed by atoms with Crippen molar-refractivity contribution in [2.24, 2.45) is 5.73 Å². The summed E-state index contributed by atoms with van der Waals surface area (Å²) >= 11 is 0. The third-order valence-corrected chi connectivity index (χ3v) is 7.71. The summed E-state index contributed by atoms with van der Waals surface area (Å²) in [6, 6.07) is 22.8. The molecule has 1 aliphatic rings. The summed E-state index contributed by atoms with van der Waals surface area (Å²) in [4.78, 5) is 32.5. The minimum absolute atomic E-state index is 0.124. The van der Waals surface area contributed by atoms with Gasteiger partial charge >= 0.3 is 6.09 Å². The second-order valence-electron chi connectivity index (χ2n) is 9.16. The highest BCUT2D eigenvalue weighted by Gasteiger charge is 2.28. The summed E-state index contributed by atoms with van der Waals surface area (Å²) < 4.78 is 35.0. The molecule has 12 heteroatoms. The highest BCUT2D eigenvalue weighted by atomic mass is 32.2. The van der Waals surface area contributed by atoms with Gasteiger partial charge in [-0.3, -0.25) is 9.59 Å². The van der Waals surface area contributed by atoms with E-state index >= 15 is 0 Å². The third kappa shape index (κ3) is 10.7. The normalized spacial score (nSPS) is 11.3. The first-order chi connectivity index (χ1) is 20.6. The van der Waals surface area contributed by atoms with Gasteiger partial charge in [0.2, 0.25) is 21.8 Å². The molecule has 0 unspecified atom stereocenters. The molecule has 0 saturated carbocycles. The number of ether oxygens (including phenoxy) is 2. The van der Waals surface area contributed by atoms with Crippen molar-refractivity contribution in [2.75, 3.05) is 33.9 Å². The van der Waals surface area contributed by atoms with Gasteiger partial charge in [-0.1, -0.05) is 48.5 Å². The molecule has 0 aliphatic heterocycles. The Bertz CT molecular complexity index is 1420. The molecule has 1 aliphatic carbocycles. The Hall–Kier alpha value is -4.42. The van der Waals surface area contributed by atoms with E-state index in [-0.39, 0.29) is 35.7 Å². The number of methoxy groups -OCH3 is 1. The van der Waals surface area contributed by atoms with Crippen LogP contribution in [0.5, 0.6) is 5.75 Å². The van der Waals surface area contributed by atoms with E-state index in [1.54, 1.807) is 12.1 Å². The van der Waals surface area contributed by atoms with Crippen molar-refractivity contribution >= 4 is 27.9 Å². The first-order valence-electron chi connectivity index (χ1n) is 13.8. The fraction of sp³-hybridized carbons (Fsp3) is 0.323. The Morgan fingerprint density at radius 2 is 1.35 bits per heavy atom. The zero-order valence-electron chi connectivity index (χ0n) is 24.9. The molecule has 11 nitrogen and oxygen atoms in total. The minimum atomic E-state index is -3.33. The van der Waals surface area contributed by atoms with Gasteiger partial charge in [-0.25, -0.2) is 17.9 Å². The van der Waals surface area contributed by atoms with Crippen LogP contribution in [-0.4, -0.2) is 60.2 Å². The number of hydrogen-bond acceptors (Lipinski definition) is 7. The van der Waals surface area contributed by atoms with E-state index < -0.39 is 15.9 Å². The highest BCUT2D eigenvalue weighted by Crippen LogP contribution is 2.44. The van der Waals surface area contributed by atoms with Crippen LogP contribution in [0.3, 0.4) is 0 Å². The van der Waals surface area contributed by atoms with Gasteiger partial charge in [-0.05, 0) is 67.4 Å². The van der Waals surface area contributed by atoms with Crippen molar-refractivity contribution in [3.8, 4) is 16.9 Å². The molecule has 0 bridgehead atoms. The van der Waals surface area contributed by atoms with E-state index in [0.717, 1.165) is 0 Å². The van der Waals surface area contributed by atoms with E-state index in [0.29, 0.717) is 25.4 Å². The Morgan fingerprint density at radius 3 is 1.81 bits per heavy atom. The molecule has 0 heterocycles. The molecule has 3 aromatic rings. The molecule has 4 rings (SSSR count). The quantitative estimate of drug-likeness (QED) is 0.272. The number of hydrogen-bond donors (Lipinski definition) is 4. The van der Waals surface area contributed by atoms with Crippen LogP contribution < -0.4 is 25.8 Å². The fourth-order valence-corrected chi connectivity index (χ4v) is 4.92.